The maximum absolute atomic E-state index is 13.9. The predicted octanol–water partition coefficient (Wildman–Crippen LogP) is 5.06. The molecule has 0 N–H and O–H groups in total. The Labute approximate surface area is 207 Å². The molecule has 0 saturated heterocycles. The van der Waals surface area contributed by atoms with Gasteiger partial charge in [0.2, 0.25) is 0 Å². The van der Waals surface area contributed by atoms with E-state index in [0.717, 1.165) is 27.8 Å². The highest BCUT2D eigenvalue weighted by Gasteiger charge is 2.20. The Kier molecular flexibility index (Phi) is 6.40. The second-order valence-electron chi connectivity index (χ2n) is 8.54. The Morgan fingerprint density at radius 2 is 1.89 bits per heavy atom. The van der Waals surface area contributed by atoms with Crippen molar-refractivity contribution in [2.24, 2.45) is 7.05 Å². The number of aromatic nitrogens is 3. The number of pyridine rings is 1. The molecule has 5 rings (SSSR count). The largest absolute Gasteiger partial charge is 0.380 e. The maximum Gasteiger partial charge on any atom is 0.271 e. The van der Waals surface area contributed by atoms with Gasteiger partial charge in [0.25, 0.3) is 5.91 Å². The Hall–Kier alpha value is -3.49. The van der Waals surface area contributed by atoms with Gasteiger partial charge < -0.3 is 14.5 Å². The van der Waals surface area contributed by atoms with E-state index in [0.29, 0.717) is 44.1 Å². The molecular weight excluding hydrogens is 469 g/mol. The molecule has 2 aromatic heterocycles. The molecular formula is C26H25ClFN5O2. The highest BCUT2D eigenvalue weighted by atomic mass is 35.5. The van der Waals surface area contributed by atoms with Gasteiger partial charge in [0.15, 0.2) is 0 Å². The number of nitrogens with zero attached hydrogens (tertiary/aromatic N) is 5. The number of carbonyl (C=O) groups excluding carboxylic acids is 1. The molecule has 9 heteroatoms. The fourth-order valence-corrected chi connectivity index (χ4v) is 4.51. The zero-order chi connectivity index (χ0) is 24.5. The molecule has 1 amide bonds. The topological polar surface area (TPSA) is 63.5 Å². The summed E-state index contributed by atoms with van der Waals surface area (Å²) >= 11 is 6.13. The van der Waals surface area contributed by atoms with Crippen molar-refractivity contribution in [1.82, 2.24) is 19.7 Å². The fourth-order valence-electron chi connectivity index (χ4n) is 4.34. The average Bonchev–Trinajstić information content (AvgIpc) is 3.25. The first-order valence-corrected chi connectivity index (χ1v) is 11.8. The number of carbonyl (C=O) groups is 1. The Morgan fingerprint density at radius 3 is 2.71 bits per heavy atom. The van der Waals surface area contributed by atoms with Gasteiger partial charge in [-0.2, -0.15) is 5.10 Å². The molecule has 1 aliphatic rings. The van der Waals surface area contributed by atoms with Crippen LogP contribution in [0.5, 0.6) is 0 Å². The normalized spacial score (nSPS) is 15.3. The molecule has 4 bridgehead atoms. The molecule has 7 nitrogen and oxygen atoms in total. The molecule has 180 valence electrons. The molecule has 2 aromatic carbocycles. The molecule has 35 heavy (non-hydrogen) atoms. The van der Waals surface area contributed by atoms with E-state index < -0.39 is 5.82 Å². The Morgan fingerprint density at radius 1 is 1.03 bits per heavy atom. The number of amides is 1. The molecule has 1 aliphatic heterocycles. The molecule has 0 spiro atoms. The first-order chi connectivity index (χ1) is 16.9. The van der Waals surface area contributed by atoms with Gasteiger partial charge in [0, 0.05) is 56.6 Å². The number of fused-ring (bicyclic) bond motifs is 4. The third-order valence-electron chi connectivity index (χ3n) is 6.21. The van der Waals surface area contributed by atoms with Crippen molar-refractivity contribution in [1.29, 1.82) is 0 Å². The lowest BCUT2D eigenvalue weighted by molar-refractivity contribution is 0.0756. The van der Waals surface area contributed by atoms with Crippen LogP contribution >= 0.6 is 11.6 Å². The minimum Gasteiger partial charge on any atom is -0.380 e. The van der Waals surface area contributed by atoms with Crippen molar-refractivity contribution < 1.29 is 13.9 Å². The lowest BCUT2D eigenvalue weighted by atomic mass is 10.1. The van der Waals surface area contributed by atoms with E-state index in [1.165, 1.54) is 6.07 Å². The van der Waals surface area contributed by atoms with Crippen molar-refractivity contribution in [2.75, 3.05) is 38.3 Å². The monoisotopic (exact) mass is 493 g/mol. The summed E-state index contributed by atoms with van der Waals surface area (Å²) in [7, 11) is 3.56. The minimum absolute atomic E-state index is 0.0586. The van der Waals surface area contributed by atoms with Gasteiger partial charge in [0.1, 0.15) is 11.5 Å². The summed E-state index contributed by atoms with van der Waals surface area (Å²) < 4.78 is 21.4. The highest BCUT2D eigenvalue weighted by molar-refractivity contribution is 6.31. The lowest BCUT2D eigenvalue weighted by Crippen LogP contribution is -2.30. The van der Waals surface area contributed by atoms with Crippen molar-refractivity contribution in [3.8, 4) is 11.3 Å². The number of benzene rings is 2. The van der Waals surface area contributed by atoms with E-state index in [4.69, 9.17) is 16.3 Å². The van der Waals surface area contributed by atoms with Crippen LogP contribution in [0, 0.1) is 5.82 Å². The minimum atomic E-state index is -0.465. The van der Waals surface area contributed by atoms with Crippen LogP contribution in [-0.2, 0) is 11.8 Å². The number of anilines is 2. The standard InChI is InChI=1S/C26H25ClFN5O2/c1-31-10-3-12-35-13-11-33(18-5-6-21(28)20(27)15-18)24-8-9-29-22-7-4-17(14-19(22)24)23-16-25(26(31)34)32(2)30-23/h4-9,14-16H,3,10-13H2,1-2H3. The number of halogens is 2. The molecule has 0 unspecified atom stereocenters. The van der Waals surface area contributed by atoms with Crippen LogP contribution in [0.25, 0.3) is 22.2 Å². The van der Waals surface area contributed by atoms with Crippen molar-refractivity contribution in [3.05, 3.63) is 71.3 Å². The zero-order valence-corrected chi connectivity index (χ0v) is 20.3. The SMILES string of the molecule is CN1CCCOCCN(c2ccc(F)c(Cl)c2)c2ccnc3ccc(cc23)-c2cc(n(C)n2)C1=O. The quantitative estimate of drug-likeness (QED) is 0.371. The first-order valence-electron chi connectivity index (χ1n) is 11.4. The van der Waals surface area contributed by atoms with Crippen molar-refractivity contribution >= 4 is 39.8 Å². The summed E-state index contributed by atoms with van der Waals surface area (Å²) in [5.41, 5.74) is 4.53. The second-order valence-corrected chi connectivity index (χ2v) is 8.95. The highest BCUT2D eigenvalue weighted by Crippen LogP contribution is 2.35. The van der Waals surface area contributed by atoms with E-state index in [1.54, 1.807) is 42.0 Å². The summed E-state index contributed by atoms with van der Waals surface area (Å²) in [5.74, 6) is -0.548. The van der Waals surface area contributed by atoms with Crippen LogP contribution in [0.3, 0.4) is 0 Å². The molecule has 4 aromatic rings. The van der Waals surface area contributed by atoms with Crippen LogP contribution in [0.4, 0.5) is 15.8 Å². The van der Waals surface area contributed by atoms with E-state index in [2.05, 4.69) is 15.0 Å². The first kappa shape index (κ1) is 23.3. The maximum atomic E-state index is 13.9. The van der Waals surface area contributed by atoms with Gasteiger partial charge in [-0.05, 0) is 48.9 Å². The van der Waals surface area contributed by atoms with Crippen LogP contribution in [0.1, 0.15) is 16.9 Å². The fraction of sp³-hybridized carbons (Fsp3) is 0.269. The molecule has 0 aliphatic carbocycles. The van der Waals surface area contributed by atoms with Gasteiger partial charge in [-0.15, -0.1) is 0 Å². The number of rotatable bonds is 1. The summed E-state index contributed by atoms with van der Waals surface area (Å²) in [6.45, 7) is 2.04. The van der Waals surface area contributed by atoms with E-state index in [-0.39, 0.29) is 10.9 Å². The van der Waals surface area contributed by atoms with E-state index >= 15 is 0 Å². The third kappa shape index (κ3) is 4.59. The van der Waals surface area contributed by atoms with E-state index in [9.17, 15) is 9.18 Å². The van der Waals surface area contributed by atoms with Gasteiger partial charge >= 0.3 is 0 Å². The molecule has 0 fully saturated rings. The summed E-state index contributed by atoms with van der Waals surface area (Å²) in [6, 6.07) is 14.3. The number of ether oxygens (including phenoxy) is 1. The molecule has 0 saturated carbocycles. The molecule has 0 radical (unpaired) electrons. The Balaban J connectivity index is 1.67. The predicted molar refractivity (Wildman–Crippen MR) is 135 cm³/mol. The average molecular weight is 494 g/mol. The van der Waals surface area contributed by atoms with Crippen LogP contribution in [0.15, 0.2) is 54.7 Å². The number of hydrogen-bond acceptors (Lipinski definition) is 5. The Bertz CT molecular complexity index is 1410. The summed E-state index contributed by atoms with van der Waals surface area (Å²) in [5, 5.41) is 5.56. The van der Waals surface area contributed by atoms with Crippen LogP contribution in [0.2, 0.25) is 5.02 Å². The third-order valence-corrected chi connectivity index (χ3v) is 6.50. The summed E-state index contributed by atoms with van der Waals surface area (Å²) in [4.78, 5) is 21.3. The zero-order valence-electron chi connectivity index (χ0n) is 19.5. The molecule has 3 heterocycles. The number of hydrogen-bond donors (Lipinski definition) is 0. The van der Waals surface area contributed by atoms with Gasteiger partial charge in [0.05, 0.1) is 28.5 Å². The van der Waals surface area contributed by atoms with E-state index in [1.807, 2.05) is 30.3 Å². The smallest absolute Gasteiger partial charge is 0.271 e. The summed E-state index contributed by atoms with van der Waals surface area (Å²) in [6.07, 6.45) is 2.45. The van der Waals surface area contributed by atoms with Gasteiger partial charge in [-0.25, -0.2) is 4.39 Å². The van der Waals surface area contributed by atoms with Gasteiger partial charge in [-0.3, -0.25) is 14.5 Å². The second kappa shape index (κ2) is 9.64. The van der Waals surface area contributed by atoms with Crippen LogP contribution in [-0.4, -0.2) is 58.9 Å². The van der Waals surface area contributed by atoms with Crippen LogP contribution < -0.4 is 4.90 Å². The molecule has 0 atom stereocenters. The van der Waals surface area contributed by atoms with Crippen molar-refractivity contribution in [2.45, 2.75) is 6.42 Å². The van der Waals surface area contributed by atoms with Crippen molar-refractivity contribution in [3.63, 3.8) is 0 Å². The van der Waals surface area contributed by atoms with Gasteiger partial charge in [-0.1, -0.05) is 17.7 Å². The number of aryl methyl sites for hydroxylation is 1. The lowest BCUT2D eigenvalue weighted by Gasteiger charge is -2.27.